The van der Waals surface area contributed by atoms with Gasteiger partial charge in [0.25, 0.3) is 5.91 Å². The number of piperidine rings is 1. The second-order valence-electron chi connectivity index (χ2n) is 4.65. The zero-order valence-corrected chi connectivity index (χ0v) is 12.8. The van der Waals surface area contributed by atoms with Crippen molar-refractivity contribution in [2.45, 2.75) is 25.8 Å². The number of nitrogens with one attached hydrogen (secondary N) is 1. The number of hydrogen-bond donors (Lipinski definition) is 1. The number of amides is 1. The zero-order chi connectivity index (χ0) is 13.1. The summed E-state index contributed by atoms with van der Waals surface area (Å²) in [6, 6.07) is 2.01. The van der Waals surface area contributed by atoms with Crippen LogP contribution in [0.15, 0.2) is 11.4 Å². The van der Waals surface area contributed by atoms with Crippen LogP contribution < -0.4 is 5.32 Å². The third-order valence-corrected chi connectivity index (χ3v) is 4.31. The summed E-state index contributed by atoms with van der Waals surface area (Å²) in [5.74, 6) is 0.0363. The average Bonchev–Trinajstić information content (AvgIpc) is 2.88. The van der Waals surface area contributed by atoms with E-state index in [-0.39, 0.29) is 24.1 Å². The number of thiophene rings is 1. The minimum atomic E-state index is 0. The molecule has 4 nitrogen and oxygen atoms in total. The molecule has 0 aliphatic carbocycles. The maximum atomic E-state index is 12.3. The lowest BCUT2D eigenvalue weighted by atomic mass is 10.1. The molecule has 1 aliphatic rings. The van der Waals surface area contributed by atoms with Gasteiger partial charge in [0, 0.05) is 24.0 Å². The van der Waals surface area contributed by atoms with E-state index in [0.29, 0.717) is 16.5 Å². The minimum absolute atomic E-state index is 0. The van der Waals surface area contributed by atoms with Crippen LogP contribution in [0.25, 0.3) is 0 Å². The second-order valence-corrected chi connectivity index (χ2v) is 5.56. The summed E-state index contributed by atoms with van der Waals surface area (Å²) >= 11 is 1.35. The van der Waals surface area contributed by atoms with Crippen LogP contribution in [-0.2, 0) is 0 Å². The van der Waals surface area contributed by atoms with Crippen molar-refractivity contribution in [1.82, 2.24) is 10.2 Å². The van der Waals surface area contributed by atoms with Gasteiger partial charge in [0.15, 0.2) is 5.78 Å². The summed E-state index contributed by atoms with van der Waals surface area (Å²) in [6.45, 7) is 3.45. The first-order valence-electron chi connectivity index (χ1n) is 6.17. The Hall–Kier alpha value is -0.910. The molecule has 1 N–H and O–H groups in total. The maximum absolute atomic E-state index is 12.3. The summed E-state index contributed by atoms with van der Waals surface area (Å²) in [5.41, 5.74) is 0.627. The van der Waals surface area contributed by atoms with Gasteiger partial charge in [-0.25, -0.2) is 0 Å². The first kappa shape index (κ1) is 16.1. The summed E-state index contributed by atoms with van der Waals surface area (Å²) in [4.78, 5) is 26.0. The highest BCUT2D eigenvalue weighted by Gasteiger charge is 2.24. The quantitative estimate of drug-likeness (QED) is 0.871. The Morgan fingerprint density at radius 2 is 2.00 bits per heavy atom. The van der Waals surface area contributed by atoms with Gasteiger partial charge in [0.2, 0.25) is 0 Å². The SMILES string of the molecule is CC(=O)c1csc(C(=O)N(C)C2CCNCC2)c1.Cl. The van der Waals surface area contributed by atoms with Gasteiger partial charge < -0.3 is 10.2 Å². The molecular weight excluding hydrogens is 284 g/mol. The molecule has 1 aliphatic heterocycles. The third kappa shape index (κ3) is 3.78. The first-order chi connectivity index (χ1) is 8.59. The fourth-order valence-corrected chi connectivity index (χ4v) is 3.09. The number of nitrogens with zero attached hydrogens (tertiary/aromatic N) is 1. The normalized spacial score (nSPS) is 15.7. The number of carbonyl (C=O) groups excluding carboxylic acids is 2. The lowest BCUT2D eigenvalue weighted by molar-refractivity contribution is 0.0708. The smallest absolute Gasteiger partial charge is 0.263 e. The fourth-order valence-electron chi connectivity index (χ4n) is 2.17. The van der Waals surface area contributed by atoms with Gasteiger partial charge in [-0.05, 0) is 38.9 Å². The molecule has 0 saturated carbocycles. The number of ketones is 1. The molecule has 0 spiro atoms. The van der Waals surface area contributed by atoms with Crippen LogP contribution in [0.1, 0.15) is 39.8 Å². The van der Waals surface area contributed by atoms with E-state index in [4.69, 9.17) is 0 Å². The summed E-state index contributed by atoms with van der Waals surface area (Å²) in [7, 11) is 1.85. The molecule has 1 amide bonds. The molecule has 2 heterocycles. The van der Waals surface area contributed by atoms with Crippen LogP contribution in [-0.4, -0.2) is 42.8 Å². The molecule has 0 bridgehead atoms. The minimum Gasteiger partial charge on any atom is -0.338 e. The van der Waals surface area contributed by atoms with Gasteiger partial charge in [0.05, 0.1) is 4.88 Å². The number of rotatable bonds is 3. The molecule has 19 heavy (non-hydrogen) atoms. The molecule has 106 valence electrons. The highest BCUT2D eigenvalue weighted by molar-refractivity contribution is 7.12. The molecule has 0 unspecified atom stereocenters. The molecule has 1 aromatic heterocycles. The van der Waals surface area contributed by atoms with Gasteiger partial charge in [0.1, 0.15) is 0 Å². The van der Waals surface area contributed by atoms with E-state index in [0.717, 1.165) is 25.9 Å². The zero-order valence-electron chi connectivity index (χ0n) is 11.1. The Morgan fingerprint density at radius 1 is 1.37 bits per heavy atom. The molecule has 0 aromatic carbocycles. The van der Waals surface area contributed by atoms with Gasteiger partial charge >= 0.3 is 0 Å². The van der Waals surface area contributed by atoms with Crippen LogP contribution in [0.3, 0.4) is 0 Å². The van der Waals surface area contributed by atoms with Gasteiger partial charge in [-0.3, -0.25) is 9.59 Å². The van der Waals surface area contributed by atoms with Crippen molar-refractivity contribution in [1.29, 1.82) is 0 Å². The van der Waals surface area contributed by atoms with Crippen molar-refractivity contribution in [3.63, 3.8) is 0 Å². The number of Topliss-reactive ketones (excluding diaryl/α,β-unsaturated/α-hetero) is 1. The van der Waals surface area contributed by atoms with E-state index in [1.165, 1.54) is 18.3 Å². The monoisotopic (exact) mass is 302 g/mol. The van der Waals surface area contributed by atoms with Crippen molar-refractivity contribution in [2.24, 2.45) is 0 Å². The van der Waals surface area contributed by atoms with Crippen LogP contribution in [0.5, 0.6) is 0 Å². The van der Waals surface area contributed by atoms with Gasteiger partial charge in [-0.15, -0.1) is 23.7 Å². The third-order valence-electron chi connectivity index (χ3n) is 3.39. The summed E-state index contributed by atoms with van der Waals surface area (Å²) in [6.07, 6.45) is 1.99. The van der Waals surface area contributed by atoms with Crippen molar-refractivity contribution in [3.05, 3.63) is 21.9 Å². The molecule has 0 atom stereocenters. The Morgan fingerprint density at radius 3 is 2.53 bits per heavy atom. The highest BCUT2D eigenvalue weighted by Crippen LogP contribution is 2.20. The number of halogens is 1. The molecule has 1 saturated heterocycles. The maximum Gasteiger partial charge on any atom is 0.263 e. The molecular formula is C13H19ClN2O2S. The van der Waals surface area contributed by atoms with E-state index < -0.39 is 0 Å². The molecule has 1 fully saturated rings. The molecule has 2 rings (SSSR count). The van der Waals surface area contributed by atoms with Crippen LogP contribution in [0, 0.1) is 0 Å². The largest absolute Gasteiger partial charge is 0.338 e. The van der Waals surface area contributed by atoms with Crippen LogP contribution in [0.4, 0.5) is 0 Å². The molecule has 6 heteroatoms. The van der Waals surface area contributed by atoms with Crippen molar-refractivity contribution >= 4 is 35.4 Å². The van der Waals surface area contributed by atoms with Crippen molar-refractivity contribution in [3.8, 4) is 0 Å². The second kappa shape index (κ2) is 7.03. The van der Waals surface area contributed by atoms with E-state index in [2.05, 4.69) is 5.32 Å². The lowest BCUT2D eigenvalue weighted by Gasteiger charge is -2.31. The molecule has 1 aromatic rings. The Balaban J connectivity index is 0.00000180. The van der Waals surface area contributed by atoms with Crippen LogP contribution in [0.2, 0.25) is 0 Å². The lowest BCUT2D eigenvalue weighted by Crippen LogP contribution is -2.43. The van der Waals surface area contributed by atoms with Gasteiger partial charge in [-0.2, -0.15) is 0 Å². The Labute approximate surface area is 123 Å². The Bertz CT molecular complexity index is 455. The predicted molar refractivity (Wildman–Crippen MR) is 79.6 cm³/mol. The van der Waals surface area contributed by atoms with Crippen molar-refractivity contribution < 1.29 is 9.59 Å². The number of hydrogen-bond acceptors (Lipinski definition) is 4. The van der Waals surface area contributed by atoms with Gasteiger partial charge in [-0.1, -0.05) is 0 Å². The average molecular weight is 303 g/mol. The van der Waals surface area contributed by atoms with E-state index in [9.17, 15) is 9.59 Å². The van der Waals surface area contributed by atoms with E-state index in [1.807, 2.05) is 11.9 Å². The fraction of sp³-hybridized carbons (Fsp3) is 0.538. The summed E-state index contributed by atoms with van der Waals surface area (Å²) in [5, 5.41) is 5.04. The molecule has 0 radical (unpaired) electrons. The highest BCUT2D eigenvalue weighted by atomic mass is 35.5. The number of carbonyl (C=O) groups is 2. The van der Waals surface area contributed by atoms with Crippen LogP contribution >= 0.6 is 23.7 Å². The first-order valence-corrected chi connectivity index (χ1v) is 7.05. The topological polar surface area (TPSA) is 49.4 Å². The predicted octanol–water partition coefficient (Wildman–Crippen LogP) is 2.20. The standard InChI is InChI=1S/C13H18N2O2S.ClH/c1-9(16)10-7-12(18-8-10)13(17)15(2)11-3-5-14-6-4-11;/h7-8,11,14H,3-6H2,1-2H3;1H. The van der Waals surface area contributed by atoms with Crippen molar-refractivity contribution in [2.75, 3.05) is 20.1 Å². The van der Waals surface area contributed by atoms with E-state index in [1.54, 1.807) is 11.4 Å². The Kier molecular flexibility index (Phi) is 5.97. The summed E-state index contributed by atoms with van der Waals surface area (Å²) < 4.78 is 0. The van der Waals surface area contributed by atoms with E-state index >= 15 is 0 Å².